The van der Waals surface area contributed by atoms with Crippen LogP contribution < -0.4 is 9.05 Å². The van der Waals surface area contributed by atoms with Crippen LogP contribution in [0.3, 0.4) is 0 Å². The number of rotatable bonds is 3. The lowest BCUT2D eigenvalue weighted by Gasteiger charge is -2.38. The molecule has 1 saturated carbocycles. The van der Waals surface area contributed by atoms with Crippen molar-refractivity contribution in [2.45, 2.75) is 126 Å². The maximum Gasteiger partial charge on any atom is 0.587 e. The fourth-order valence-corrected chi connectivity index (χ4v) is 7.90. The Hall–Kier alpha value is -1.77. The molecule has 3 atom stereocenters. The minimum atomic E-state index is -4.06. The monoisotopic (exact) mass is 554 g/mol. The van der Waals surface area contributed by atoms with Crippen LogP contribution in [0.25, 0.3) is 11.1 Å². The standard InChI is InChI=1S/C34H51O4P/c1-19(2)25-15-14-20(3)16-28(25)36-39(35)37-31-26(33(8,9)10)17-21(4)23(6)29(31)30-24(7)22(5)18-27(32(30)38-39)34(11,12)13/h17-20,25,28H,14-16H2,1-13H3/t20-,25+,28?/m1/s1. The number of hydrogen-bond donors (Lipinski definition) is 0. The van der Waals surface area contributed by atoms with E-state index in [9.17, 15) is 0 Å². The Bertz CT molecular complexity index is 1230. The minimum absolute atomic E-state index is 0.182. The highest BCUT2D eigenvalue weighted by molar-refractivity contribution is 7.49. The number of aryl methyl sites for hydroxylation is 2. The highest BCUT2D eigenvalue weighted by Gasteiger charge is 2.46. The summed E-state index contributed by atoms with van der Waals surface area (Å²) in [5.74, 6) is 2.53. The lowest BCUT2D eigenvalue weighted by Crippen LogP contribution is -2.34. The zero-order chi connectivity index (χ0) is 29.2. The Labute approximate surface area is 237 Å². The van der Waals surface area contributed by atoms with E-state index in [-0.39, 0.29) is 16.9 Å². The van der Waals surface area contributed by atoms with Crippen LogP contribution in [-0.4, -0.2) is 6.10 Å². The predicted octanol–water partition coefficient (Wildman–Crippen LogP) is 10.5. The van der Waals surface area contributed by atoms with E-state index in [4.69, 9.17) is 13.6 Å². The molecule has 0 bridgehead atoms. The Morgan fingerprint density at radius 1 is 0.821 bits per heavy atom. The maximum atomic E-state index is 15.0. The SMILES string of the molecule is Cc1cc(C(C)(C)C)c2c(c1C)-c1c(C)c(C)cc(C(C)(C)C)c1OP(=O)(OC1C[C@H](C)CC[C@H]1C(C)C)O2. The van der Waals surface area contributed by atoms with Gasteiger partial charge in [-0.05, 0) is 91.4 Å². The van der Waals surface area contributed by atoms with Crippen molar-refractivity contribution in [2.24, 2.45) is 17.8 Å². The third kappa shape index (κ3) is 5.71. The van der Waals surface area contributed by atoms with Crippen LogP contribution in [0.4, 0.5) is 0 Å². The largest absolute Gasteiger partial charge is 0.587 e. The molecule has 0 amide bonds. The van der Waals surface area contributed by atoms with Crippen LogP contribution in [0.5, 0.6) is 11.5 Å². The topological polar surface area (TPSA) is 44.8 Å². The van der Waals surface area contributed by atoms with E-state index in [1.165, 1.54) is 17.5 Å². The second kappa shape index (κ2) is 10.3. The number of phosphoric ester groups is 1. The molecule has 216 valence electrons. The fourth-order valence-electron chi connectivity index (χ4n) is 6.38. The smallest absolute Gasteiger partial charge is 0.394 e. The first kappa shape index (κ1) is 30.2. The normalized spacial score (nSPS) is 23.0. The van der Waals surface area contributed by atoms with Gasteiger partial charge in [0, 0.05) is 22.3 Å². The van der Waals surface area contributed by atoms with Crippen molar-refractivity contribution in [2.75, 3.05) is 0 Å². The van der Waals surface area contributed by atoms with Crippen molar-refractivity contribution in [1.29, 1.82) is 0 Å². The molecule has 2 aromatic carbocycles. The molecule has 1 aliphatic carbocycles. The van der Waals surface area contributed by atoms with Crippen LogP contribution in [-0.2, 0) is 19.9 Å². The second-order valence-corrected chi connectivity index (χ2v) is 16.2. The van der Waals surface area contributed by atoms with Gasteiger partial charge in [0.05, 0.1) is 6.10 Å². The second-order valence-electron chi connectivity index (χ2n) is 14.7. The van der Waals surface area contributed by atoms with Gasteiger partial charge in [-0.25, -0.2) is 4.57 Å². The molecule has 2 aromatic rings. The summed E-state index contributed by atoms with van der Waals surface area (Å²) in [6.45, 7) is 28.4. The van der Waals surface area contributed by atoms with Crippen LogP contribution in [0.2, 0.25) is 0 Å². The summed E-state index contributed by atoms with van der Waals surface area (Å²) in [6.07, 6.45) is 2.91. The van der Waals surface area contributed by atoms with Crippen molar-refractivity contribution in [3.8, 4) is 22.6 Å². The average Bonchev–Trinajstić information content (AvgIpc) is 2.91. The summed E-state index contributed by atoms with van der Waals surface area (Å²) in [5, 5.41) is 0. The van der Waals surface area contributed by atoms with E-state index in [1.807, 2.05) is 0 Å². The van der Waals surface area contributed by atoms with Crippen molar-refractivity contribution in [3.05, 3.63) is 45.5 Å². The van der Waals surface area contributed by atoms with Gasteiger partial charge in [-0.2, -0.15) is 0 Å². The van der Waals surface area contributed by atoms with Gasteiger partial charge in [0.2, 0.25) is 0 Å². The highest BCUT2D eigenvalue weighted by atomic mass is 31.2. The van der Waals surface area contributed by atoms with Gasteiger partial charge in [-0.15, -0.1) is 0 Å². The van der Waals surface area contributed by atoms with Crippen molar-refractivity contribution in [3.63, 3.8) is 0 Å². The first-order valence-electron chi connectivity index (χ1n) is 14.8. The quantitative estimate of drug-likeness (QED) is 0.354. The van der Waals surface area contributed by atoms with Gasteiger partial charge in [0.25, 0.3) is 0 Å². The zero-order valence-corrected chi connectivity index (χ0v) is 27.6. The average molecular weight is 555 g/mol. The molecule has 1 aliphatic heterocycles. The summed E-state index contributed by atoms with van der Waals surface area (Å²) in [4.78, 5) is 0. The van der Waals surface area contributed by atoms with Gasteiger partial charge in [-0.3, -0.25) is 4.52 Å². The molecule has 0 radical (unpaired) electrons. The van der Waals surface area contributed by atoms with Gasteiger partial charge >= 0.3 is 7.82 Å². The molecule has 0 saturated heterocycles. The van der Waals surface area contributed by atoms with E-state index in [1.54, 1.807) is 0 Å². The molecule has 4 nitrogen and oxygen atoms in total. The van der Waals surface area contributed by atoms with Crippen LogP contribution in [0, 0.1) is 45.4 Å². The van der Waals surface area contributed by atoms with Crippen molar-refractivity contribution < 1.29 is 18.1 Å². The van der Waals surface area contributed by atoms with E-state index in [0.717, 1.165) is 46.2 Å². The molecule has 0 N–H and O–H groups in total. The van der Waals surface area contributed by atoms with Gasteiger partial charge in [0.1, 0.15) is 11.5 Å². The molecular formula is C34H51O4P. The number of benzene rings is 2. The molecule has 39 heavy (non-hydrogen) atoms. The first-order chi connectivity index (χ1) is 17.8. The highest BCUT2D eigenvalue weighted by Crippen LogP contribution is 2.63. The molecule has 1 heterocycles. The molecule has 4 rings (SSSR count). The van der Waals surface area contributed by atoms with Gasteiger partial charge < -0.3 is 9.05 Å². The zero-order valence-electron chi connectivity index (χ0n) is 26.7. The van der Waals surface area contributed by atoms with Crippen LogP contribution >= 0.6 is 7.82 Å². The van der Waals surface area contributed by atoms with Crippen LogP contribution in [0.15, 0.2) is 12.1 Å². The Morgan fingerprint density at radius 2 is 1.26 bits per heavy atom. The van der Waals surface area contributed by atoms with Crippen LogP contribution in [0.1, 0.15) is 115 Å². The molecular weight excluding hydrogens is 503 g/mol. The molecule has 2 aliphatic rings. The first-order valence-corrected chi connectivity index (χ1v) is 16.3. The molecule has 5 heteroatoms. The summed E-state index contributed by atoms with van der Waals surface area (Å²) < 4.78 is 35.0. The summed E-state index contributed by atoms with van der Waals surface area (Å²) in [6, 6.07) is 4.39. The number of phosphoric acid groups is 1. The van der Waals surface area contributed by atoms with Gasteiger partial charge in [-0.1, -0.05) is 80.9 Å². The third-order valence-electron chi connectivity index (χ3n) is 9.10. The van der Waals surface area contributed by atoms with E-state index in [0.29, 0.717) is 29.3 Å². The predicted molar refractivity (Wildman–Crippen MR) is 163 cm³/mol. The lowest BCUT2D eigenvalue weighted by molar-refractivity contribution is 0.0269. The summed E-state index contributed by atoms with van der Waals surface area (Å²) in [5.41, 5.74) is 8.17. The summed E-state index contributed by atoms with van der Waals surface area (Å²) in [7, 11) is -4.06. The number of hydrogen-bond acceptors (Lipinski definition) is 4. The Balaban J connectivity index is 2.06. The molecule has 1 fully saturated rings. The minimum Gasteiger partial charge on any atom is -0.394 e. The summed E-state index contributed by atoms with van der Waals surface area (Å²) >= 11 is 0. The molecule has 0 spiro atoms. The molecule has 1 unspecified atom stereocenters. The van der Waals surface area contributed by atoms with E-state index >= 15 is 4.57 Å². The third-order valence-corrected chi connectivity index (χ3v) is 10.4. The van der Waals surface area contributed by atoms with Crippen molar-refractivity contribution >= 4 is 7.82 Å². The van der Waals surface area contributed by atoms with Gasteiger partial charge in [0.15, 0.2) is 0 Å². The maximum absolute atomic E-state index is 15.0. The Morgan fingerprint density at radius 3 is 1.64 bits per heavy atom. The lowest BCUT2D eigenvalue weighted by atomic mass is 9.75. The van der Waals surface area contributed by atoms with E-state index < -0.39 is 7.82 Å². The fraction of sp³-hybridized carbons (Fsp3) is 0.647. The molecule has 0 aromatic heterocycles. The van der Waals surface area contributed by atoms with E-state index in [2.05, 4.69) is 102 Å². The Kier molecular flexibility index (Phi) is 7.94. The number of fused-ring (bicyclic) bond motifs is 3. The van der Waals surface area contributed by atoms with Crippen molar-refractivity contribution in [1.82, 2.24) is 0 Å².